The van der Waals surface area contributed by atoms with Crippen molar-refractivity contribution in [1.82, 2.24) is 19.6 Å². The molecule has 0 fully saturated rings. The van der Waals surface area contributed by atoms with Crippen molar-refractivity contribution < 1.29 is 4.74 Å². The first-order valence-electron chi connectivity index (χ1n) is 13.1. The van der Waals surface area contributed by atoms with Crippen molar-refractivity contribution in [3.8, 4) is 0 Å². The second-order valence-electron chi connectivity index (χ2n) is 10.1. The van der Waals surface area contributed by atoms with Crippen LogP contribution in [0.1, 0.15) is 78.1 Å². The molecule has 0 radical (unpaired) electrons. The van der Waals surface area contributed by atoms with E-state index in [9.17, 15) is 0 Å². The van der Waals surface area contributed by atoms with E-state index in [0.717, 1.165) is 39.4 Å². The van der Waals surface area contributed by atoms with Gasteiger partial charge in [-0.05, 0) is 55.1 Å². The number of hydrogen-bond donors (Lipinski definition) is 0. The number of hydrogen-bond acceptors (Lipinski definition) is 5. The van der Waals surface area contributed by atoms with E-state index < -0.39 is 0 Å². The minimum absolute atomic E-state index is 0.647. The summed E-state index contributed by atoms with van der Waals surface area (Å²) in [5, 5.41) is 0. The Morgan fingerprint density at radius 3 is 1.26 bits per heavy atom. The molecule has 0 aromatic heterocycles. The van der Waals surface area contributed by atoms with Crippen LogP contribution in [-0.2, 0) is 4.74 Å². The van der Waals surface area contributed by atoms with Crippen LogP contribution in [0.25, 0.3) is 0 Å². The van der Waals surface area contributed by atoms with E-state index >= 15 is 0 Å². The highest BCUT2D eigenvalue weighted by Crippen LogP contribution is 2.11. The average Bonchev–Trinajstić information content (AvgIpc) is 2.71. The third-order valence-electron chi connectivity index (χ3n) is 6.52. The molecule has 0 rings (SSSR count). The van der Waals surface area contributed by atoms with Gasteiger partial charge in [0.25, 0.3) is 0 Å². The number of likely N-dealkylation sites (N-methyl/N-ethyl adjacent to an activating group) is 4. The van der Waals surface area contributed by atoms with Crippen LogP contribution in [0.4, 0.5) is 0 Å². The molecule has 2 atom stereocenters. The van der Waals surface area contributed by atoms with Gasteiger partial charge in [-0.25, -0.2) is 0 Å². The lowest BCUT2D eigenvalue weighted by atomic mass is 10.1. The van der Waals surface area contributed by atoms with Crippen LogP contribution in [0.2, 0.25) is 0 Å². The topological polar surface area (TPSA) is 22.2 Å². The van der Waals surface area contributed by atoms with Crippen LogP contribution in [-0.4, -0.2) is 113 Å². The smallest absolute Gasteiger partial charge is 0.0593 e. The second-order valence-corrected chi connectivity index (χ2v) is 10.1. The lowest BCUT2D eigenvalue weighted by molar-refractivity contribution is 0.0808. The summed E-state index contributed by atoms with van der Waals surface area (Å²) in [7, 11) is 13.3. The van der Waals surface area contributed by atoms with Crippen molar-refractivity contribution in [1.29, 1.82) is 0 Å². The molecule has 0 saturated carbocycles. The van der Waals surface area contributed by atoms with Crippen LogP contribution in [0.3, 0.4) is 0 Å². The Bertz CT molecular complexity index is 344. The van der Waals surface area contributed by atoms with Gasteiger partial charge in [0, 0.05) is 38.3 Å². The summed E-state index contributed by atoms with van der Waals surface area (Å²) >= 11 is 0. The van der Waals surface area contributed by atoms with Crippen LogP contribution in [0.5, 0.6) is 0 Å². The van der Waals surface area contributed by atoms with Crippen LogP contribution in [0.15, 0.2) is 0 Å². The maximum Gasteiger partial charge on any atom is 0.0593 e. The Balaban J connectivity index is 3.98. The van der Waals surface area contributed by atoms with Gasteiger partial charge in [-0.3, -0.25) is 0 Å². The van der Waals surface area contributed by atoms with Crippen molar-refractivity contribution in [3.63, 3.8) is 0 Å². The predicted molar refractivity (Wildman–Crippen MR) is 138 cm³/mol. The highest BCUT2D eigenvalue weighted by atomic mass is 16.5. The number of nitrogens with zero attached hydrogens (tertiary/aromatic N) is 4. The molecule has 0 heterocycles. The summed E-state index contributed by atoms with van der Waals surface area (Å²) in [6.07, 6.45) is 13.4. The molecule has 0 N–H and O–H groups in total. The Kier molecular flexibility index (Phi) is 20.3. The fourth-order valence-electron chi connectivity index (χ4n) is 4.08. The zero-order chi connectivity index (χ0) is 23.5. The van der Waals surface area contributed by atoms with Crippen molar-refractivity contribution in [2.45, 2.75) is 90.1 Å². The molecule has 31 heavy (non-hydrogen) atoms. The molecule has 5 nitrogen and oxygen atoms in total. The normalized spacial score (nSPS) is 14.3. The first kappa shape index (κ1) is 30.8. The van der Waals surface area contributed by atoms with Gasteiger partial charge < -0.3 is 24.3 Å². The zero-order valence-electron chi connectivity index (χ0n) is 22.7. The first-order chi connectivity index (χ1) is 14.8. The molecule has 0 bridgehead atoms. The Morgan fingerprint density at radius 2 is 0.935 bits per heavy atom. The van der Waals surface area contributed by atoms with E-state index in [1.54, 1.807) is 0 Å². The van der Waals surface area contributed by atoms with Crippen LogP contribution >= 0.6 is 0 Å². The first-order valence-corrected chi connectivity index (χ1v) is 13.1. The van der Waals surface area contributed by atoms with E-state index in [4.69, 9.17) is 4.74 Å². The van der Waals surface area contributed by atoms with E-state index in [-0.39, 0.29) is 0 Å². The largest absolute Gasteiger partial charge is 0.379 e. The third-order valence-corrected chi connectivity index (χ3v) is 6.52. The molecular formula is C26H58N4O. The molecule has 0 aliphatic carbocycles. The minimum atomic E-state index is 0.647. The number of ether oxygens (including phenoxy) is 1. The fraction of sp³-hybridized carbons (Fsp3) is 1.00. The molecule has 2 unspecified atom stereocenters. The molecule has 0 amide bonds. The maximum absolute atomic E-state index is 5.97. The molecule has 0 aliphatic rings. The van der Waals surface area contributed by atoms with E-state index in [2.05, 4.69) is 75.7 Å². The highest BCUT2D eigenvalue weighted by molar-refractivity contribution is 4.72. The summed E-state index contributed by atoms with van der Waals surface area (Å²) in [6, 6.07) is 1.29. The SMILES string of the molecule is CCCCCCC(CN(C)CCOCCN(C)CC(CCCCCC)N(C)C)N(C)C. The predicted octanol–water partition coefficient (Wildman–Crippen LogP) is 4.67. The molecule has 0 aliphatic heterocycles. The van der Waals surface area contributed by atoms with Gasteiger partial charge in [0.05, 0.1) is 13.2 Å². The second kappa shape index (κ2) is 20.4. The van der Waals surface area contributed by atoms with Crippen molar-refractivity contribution in [2.75, 3.05) is 81.7 Å². The van der Waals surface area contributed by atoms with Gasteiger partial charge in [0.1, 0.15) is 0 Å². The summed E-state index contributed by atoms with van der Waals surface area (Å²) < 4.78 is 5.97. The molecular weight excluding hydrogens is 384 g/mol. The van der Waals surface area contributed by atoms with Crippen LogP contribution < -0.4 is 0 Å². The quantitative estimate of drug-likeness (QED) is 0.227. The van der Waals surface area contributed by atoms with Gasteiger partial charge in [-0.2, -0.15) is 0 Å². The lowest BCUT2D eigenvalue weighted by Gasteiger charge is -2.30. The van der Waals surface area contributed by atoms with Crippen molar-refractivity contribution in [2.24, 2.45) is 0 Å². The molecule has 0 aromatic carbocycles. The summed E-state index contributed by atoms with van der Waals surface area (Å²) in [5.74, 6) is 0. The maximum atomic E-state index is 5.97. The van der Waals surface area contributed by atoms with E-state index in [1.165, 1.54) is 64.2 Å². The third kappa shape index (κ3) is 18.0. The van der Waals surface area contributed by atoms with Gasteiger partial charge in [-0.1, -0.05) is 65.2 Å². The van der Waals surface area contributed by atoms with Crippen LogP contribution in [0, 0.1) is 0 Å². The fourth-order valence-corrected chi connectivity index (χ4v) is 4.08. The molecule has 188 valence electrons. The molecule has 5 heteroatoms. The van der Waals surface area contributed by atoms with Gasteiger partial charge >= 0.3 is 0 Å². The average molecular weight is 443 g/mol. The number of unbranched alkanes of at least 4 members (excludes halogenated alkanes) is 6. The monoisotopic (exact) mass is 442 g/mol. The van der Waals surface area contributed by atoms with Gasteiger partial charge in [0.15, 0.2) is 0 Å². The Morgan fingerprint density at radius 1 is 0.548 bits per heavy atom. The summed E-state index contributed by atoms with van der Waals surface area (Å²) in [5.41, 5.74) is 0. The molecule has 0 saturated heterocycles. The van der Waals surface area contributed by atoms with Crippen molar-refractivity contribution >= 4 is 0 Å². The van der Waals surface area contributed by atoms with Crippen molar-refractivity contribution in [3.05, 3.63) is 0 Å². The standard InChI is InChI=1S/C26H58N4O/c1-9-11-13-15-17-25(27(3)4)23-29(7)19-21-31-22-20-30(8)24-26(28(5)6)18-16-14-12-10-2/h25-26H,9-24H2,1-8H3. The van der Waals surface area contributed by atoms with E-state index in [0.29, 0.717) is 12.1 Å². The minimum Gasteiger partial charge on any atom is -0.379 e. The Hall–Kier alpha value is -0.200. The lowest BCUT2D eigenvalue weighted by Crippen LogP contribution is -2.41. The number of rotatable bonds is 22. The zero-order valence-corrected chi connectivity index (χ0v) is 22.7. The van der Waals surface area contributed by atoms with E-state index in [1.807, 2.05) is 0 Å². The summed E-state index contributed by atoms with van der Waals surface area (Å²) in [6.45, 7) is 10.5. The Labute approximate surface area is 196 Å². The van der Waals surface area contributed by atoms with Gasteiger partial charge in [0.2, 0.25) is 0 Å². The molecule has 0 spiro atoms. The molecule has 0 aromatic rings. The summed E-state index contributed by atoms with van der Waals surface area (Å²) in [4.78, 5) is 9.66. The van der Waals surface area contributed by atoms with Gasteiger partial charge in [-0.15, -0.1) is 0 Å². The highest BCUT2D eigenvalue weighted by Gasteiger charge is 2.15.